The first kappa shape index (κ1) is 19.1. The molecule has 28 heavy (non-hydrogen) atoms. The minimum absolute atomic E-state index is 0.189. The molecular formula is C21H19N5O2. The molecule has 1 heterocycles. The average Bonchev–Trinajstić information content (AvgIpc) is 2.72. The van der Waals surface area contributed by atoms with Crippen LogP contribution >= 0.6 is 0 Å². The third-order valence-corrected chi connectivity index (χ3v) is 5.62. The van der Waals surface area contributed by atoms with Gasteiger partial charge in [0.05, 0.1) is 36.9 Å². The van der Waals surface area contributed by atoms with Crippen LogP contribution in [0.2, 0.25) is 0 Å². The summed E-state index contributed by atoms with van der Waals surface area (Å²) in [4.78, 5) is 13.6. The number of aryl methyl sites for hydroxylation is 1. The molecule has 1 fully saturated rings. The summed E-state index contributed by atoms with van der Waals surface area (Å²) in [5.41, 5.74) is 0.377. The number of methoxy groups -OCH3 is 1. The molecule has 3 rings (SSSR count). The molecule has 1 amide bonds. The van der Waals surface area contributed by atoms with E-state index >= 15 is 0 Å². The van der Waals surface area contributed by atoms with E-state index in [0.717, 1.165) is 11.1 Å². The van der Waals surface area contributed by atoms with Gasteiger partial charge in [-0.1, -0.05) is 35.9 Å². The molecule has 3 atom stereocenters. The van der Waals surface area contributed by atoms with Gasteiger partial charge in [0.15, 0.2) is 0 Å². The van der Waals surface area contributed by atoms with Gasteiger partial charge in [-0.25, -0.2) is 4.79 Å². The average molecular weight is 373 g/mol. The van der Waals surface area contributed by atoms with Crippen LogP contribution in [0, 0.1) is 63.6 Å². The molecule has 7 nitrogen and oxygen atoms in total. The highest BCUT2D eigenvalue weighted by molar-refractivity contribution is 6.01. The first-order valence-electron chi connectivity index (χ1n) is 8.84. The third-order valence-electron chi connectivity index (χ3n) is 5.62. The second-order valence-electron chi connectivity index (χ2n) is 7.07. The van der Waals surface area contributed by atoms with Gasteiger partial charge in [0.1, 0.15) is 0 Å². The van der Waals surface area contributed by atoms with Crippen LogP contribution in [0.15, 0.2) is 35.9 Å². The molecule has 1 saturated carbocycles. The second-order valence-corrected chi connectivity index (χ2v) is 7.07. The van der Waals surface area contributed by atoms with Gasteiger partial charge in [0, 0.05) is 24.9 Å². The summed E-state index contributed by atoms with van der Waals surface area (Å²) in [5, 5.41) is 38.1. The number of fused-ring (bicyclic) bond motifs is 1. The molecule has 1 aliphatic carbocycles. The van der Waals surface area contributed by atoms with Crippen molar-refractivity contribution in [2.24, 2.45) is 17.3 Å². The summed E-state index contributed by atoms with van der Waals surface area (Å²) in [5.74, 6) is -1.82. The van der Waals surface area contributed by atoms with E-state index in [2.05, 4.69) is 6.07 Å². The summed E-state index contributed by atoms with van der Waals surface area (Å²) in [6.45, 7) is 2.34. The Labute approximate surface area is 163 Å². The topological polar surface area (TPSA) is 125 Å². The highest BCUT2D eigenvalue weighted by atomic mass is 16.5. The Kier molecular flexibility index (Phi) is 4.91. The van der Waals surface area contributed by atoms with Gasteiger partial charge in [-0.15, -0.1) is 0 Å². The molecule has 1 aromatic rings. The van der Waals surface area contributed by atoms with Crippen molar-refractivity contribution in [3.05, 3.63) is 47.0 Å². The van der Waals surface area contributed by atoms with Crippen LogP contribution in [0.4, 0.5) is 4.79 Å². The predicted octanol–water partition coefficient (Wildman–Crippen LogP) is 2.91. The van der Waals surface area contributed by atoms with Crippen LogP contribution < -0.4 is 0 Å². The summed E-state index contributed by atoms with van der Waals surface area (Å²) in [6, 6.07) is 13.8. The van der Waals surface area contributed by atoms with Crippen LogP contribution in [-0.4, -0.2) is 36.9 Å². The van der Waals surface area contributed by atoms with Crippen molar-refractivity contribution in [1.29, 1.82) is 21.2 Å². The molecule has 1 N–H and O–H groups in total. The maximum Gasteiger partial charge on any atom is 0.409 e. The number of ether oxygens (including phenoxy) is 1. The minimum atomic E-state index is -1.78. The Morgan fingerprint density at radius 2 is 2.04 bits per heavy atom. The van der Waals surface area contributed by atoms with E-state index in [9.17, 15) is 20.6 Å². The van der Waals surface area contributed by atoms with Gasteiger partial charge in [0.2, 0.25) is 5.41 Å². The molecule has 0 aromatic heterocycles. The van der Waals surface area contributed by atoms with Crippen molar-refractivity contribution in [3.8, 4) is 18.2 Å². The monoisotopic (exact) mass is 373 g/mol. The highest BCUT2D eigenvalue weighted by Crippen LogP contribution is 2.52. The van der Waals surface area contributed by atoms with Gasteiger partial charge in [-0.2, -0.15) is 15.8 Å². The highest BCUT2D eigenvalue weighted by Gasteiger charge is 2.56. The summed E-state index contributed by atoms with van der Waals surface area (Å²) >= 11 is 0. The third kappa shape index (κ3) is 2.71. The van der Waals surface area contributed by atoms with Crippen molar-refractivity contribution in [3.63, 3.8) is 0 Å². The number of carbonyl (C=O) groups excluding carboxylic acids is 1. The van der Waals surface area contributed by atoms with Gasteiger partial charge < -0.3 is 15.0 Å². The lowest BCUT2D eigenvalue weighted by atomic mass is 9.55. The molecule has 0 bridgehead atoms. The molecule has 2 aliphatic rings. The largest absolute Gasteiger partial charge is 0.453 e. The number of carbonyl (C=O) groups is 1. The summed E-state index contributed by atoms with van der Waals surface area (Å²) in [7, 11) is 1.29. The zero-order valence-electron chi connectivity index (χ0n) is 15.6. The van der Waals surface area contributed by atoms with E-state index in [1.165, 1.54) is 12.0 Å². The lowest BCUT2D eigenvalue weighted by molar-refractivity contribution is 0.115. The zero-order chi connectivity index (χ0) is 20.5. The quantitative estimate of drug-likeness (QED) is 0.758. The number of hydrogen-bond donors (Lipinski definition) is 1. The first-order chi connectivity index (χ1) is 13.4. The molecule has 140 valence electrons. The smallest absolute Gasteiger partial charge is 0.409 e. The van der Waals surface area contributed by atoms with E-state index in [1.807, 2.05) is 43.3 Å². The molecule has 0 spiro atoms. The van der Waals surface area contributed by atoms with Crippen LogP contribution in [0.3, 0.4) is 0 Å². The molecular weight excluding hydrogens is 354 g/mol. The number of benzene rings is 1. The number of amides is 1. The molecule has 0 radical (unpaired) electrons. The number of hydrogen-bond acceptors (Lipinski definition) is 6. The van der Waals surface area contributed by atoms with Crippen molar-refractivity contribution in [1.82, 2.24) is 4.90 Å². The molecule has 1 unspecified atom stereocenters. The molecule has 1 aromatic carbocycles. The molecule has 1 aliphatic heterocycles. The van der Waals surface area contributed by atoms with Crippen molar-refractivity contribution >= 4 is 11.8 Å². The van der Waals surface area contributed by atoms with Gasteiger partial charge in [-0.3, -0.25) is 0 Å². The van der Waals surface area contributed by atoms with E-state index in [0.29, 0.717) is 5.57 Å². The zero-order valence-corrected chi connectivity index (χ0v) is 15.6. The van der Waals surface area contributed by atoms with Gasteiger partial charge >= 0.3 is 6.09 Å². The van der Waals surface area contributed by atoms with Crippen LogP contribution in [0.25, 0.3) is 0 Å². The van der Waals surface area contributed by atoms with E-state index in [4.69, 9.17) is 10.1 Å². The Balaban J connectivity index is 2.22. The molecule has 7 heteroatoms. The number of nitrogens with one attached hydrogen (secondary N) is 1. The minimum Gasteiger partial charge on any atom is -0.453 e. The number of nitriles is 3. The lowest BCUT2D eigenvalue weighted by Gasteiger charge is -2.47. The maximum atomic E-state index is 12.1. The Morgan fingerprint density at radius 1 is 1.32 bits per heavy atom. The normalized spacial score (nSPS) is 25.4. The fraction of sp³-hybridized carbons (Fsp3) is 0.381. The Hall–Kier alpha value is -3.63. The second kappa shape index (κ2) is 7.18. The standard InChI is InChI=1S/C21H19N5O2/c1-13-4-3-5-14(8-13)18-15(9-22)19(25)21(11-23,12-24)17-6-7-26(10-16(17)18)20(27)28-2/h3-6,8,15-16,18,25H,7,10H2,1-2H3/t15?,16-,18+/m1/s1. The lowest BCUT2D eigenvalue weighted by Crippen LogP contribution is -2.53. The molecule has 0 saturated heterocycles. The van der Waals surface area contributed by atoms with Crippen molar-refractivity contribution < 1.29 is 9.53 Å². The van der Waals surface area contributed by atoms with Crippen LogP contribution in [0.5, 0.6) is 0 Å². The van der Waals surface area contributed by atoms with Crippen molar-refractivity contribution in [2.45, 2.75) is 12.8 Å². The number of rotatable bonds is 1. The Morgan fingerprint density at radius 3 is 2.61 bits per heavy atom. The maximum absolute atomic E-state index is 12.1. The number of nitrogens with zero attached hydrogens (tertiary/aromatic N) is 4. The first-order valence-corrected chi connectivity index (χ1v) is 8.84. The van der Waals surface area contributed by atoms with E-state index in [-0.39, 0.29) is 18.8 Å². The van der Waals surface area contributed by atoms with Gasteiger partial charge in [0.25, 0.3) is 0 Å². The predicted molar refractivity (Wildman–Crippen MR) is 100.0 cm³/mol. The van der Waals surface area contributed by atoms with E-state index in [1.54, 1.807) is 6.08 Å². The van der Waals surface area contributed by atoms with Crippen LogP contribution in [0.1, 0.15) is 17.0 Å². The SMILES string of the molecule is COC(=O)N1CC=C2[C@@H](C1)[C@@H](c1cccc(C)c1)C(C#N)C(=N)C2(C#N)C#N. The fourth-order valence-corrected chi connectivity index (χ4v) is 4.31. The van der Waals surface area contributed by atoms with Crippen molar-refractivity contribution in [2.75, 3.05) is 20.2 Å². The summed E-state index contributed by atoms with van der Waals surface area (Å²) in [6.07, 6.45) is 1.16. The fourth-order valence-electron chi connectivity index (χ4n) is 4.31. The van der Waals surface area contributed by atoms with Crippen LogP contribution in [-0.2, 0) is 4.74 Å². The summed E-state index contributed by atoms with van der Waals surface area (Å²) < 4.78 is 4.83. The van der Waals surface area contributed by atoms with Gasteiger partial charge in [-0.05, 0) is 18.1 Å². The van der Waals surface area contributed by atoms with E-state index < -0.39 is 29.3 Å². The Bertz CT molecular complexity index is 977.